The van der Waals surface area contributed by atoms with Gasteiger partial charge in [0, 0.05) is 6.42 Å². The summed E-state index contributed by atoms with van der Waals surface area (Å²) in [7, 11) is -4.11. The van der Waals surface area contributed by atoms with Crippen molar-refractivity contribution >= 4 is 49.7 Å². The molecule has 2 aromatic heterocycles. The Morgan fingerprint density at radius 1 is 1.52 bits per heavy atom. The molecule has 1 saturated heterocycles. The first-order valence-electron chi connectivity index (χ1n) is 6.41. The van der Waals surface area contributed by atoms with Crippen LogP contribution in [0.25, 0.3) is 11.0 Å². The number of nitrogens with zero attached hydrogens (tertiary/aromatic N) is 4. The molecule has 126 valence electrons. The zero-order chi connectivity index (χ0) is 16.8. The van der Waals surface area contributed by atoms with Crippen molar-refractivity contribution in [2.24, 2.45) is 5.14 Å². The van der Waals surface area contributed by atoms with Crippen molar-refractivity contribution in [1.29, 1.82) is 0 Å². The minimum absolute atomic E-state index is 0.190. The van der Waals surface area contributed by atoms with Crippen molar-refractivity contribution in [2.45, 2.75) is 24.9 Å². The number of ether oxygens (including phenoxy) is 1. The van der Waals surface area contributed by atoms with Crippen LogP contribution in [0.1, 0.15) is 12.6 Å². The van der Waals surface area contributed by atoms with E-state index in [4.69, 9.17) is 15.6 Å². The monoisotopic (exact) mass is 456 g/mol. The maximum absolute atomic E-state index is 10.8. The summed E-state index contributed by atoms with van der Waals surface area (Å²) in [5, 5.41) is 19.7. The highest BCUT2D eigenvalue weighted by atomic mass is 127. The van der Waals surface area contributed by atoms with Gasteiger partial charge in [-0.2, -0.15) is 13.5 Å². The van der Waals surface area contributed by atoms with Crippen LogP contribution in [-0.4, -0.2) is 52.1 Å². The summed E-state index contributed by atoms with van der Waals surface area (Å²) in [6, 6.07) is 0. The molecule has 3 atom stereocenters. The molecule has 0 aromatic carbocycles. The standard InChI is InChI=1S/C10H13IN6O5S/c11-8-7-9(12)14-3-15-10(7)17(16-8)6-1-4(18)5(22-6)2-21-23(13,19)20/h3-6,18H,1-2H2,(H2,12,14,15)(H2,13,19,20)/t4-,5+,6+/m0/s1. The van der Waals surface area contributed by atoms with Crippen LogP contribution < -0.4 is 10.9 Å². The van der Waals surface area contributed by atoms with Crippen molar-refractivity contribution in [1.82, 2.24) is 19.7 Å². The van der Waals surface area contributed by atoms with Crippen molar-refractivity contribution in [3.63, 3.8) is 0 Å². The average molecular weight is 456 g/mol. The SMILES string of the molecule is Nc1ncnc2c1c(I)nn2[C@H]1C[C@H](O)[C@@H](COS(N)(=O)=O)O1. The number of aliphatic hydroxyl groups is 1. The Hall–Kier alpha value is -1.13. The van der Waals surface area contributed by atoms with Crippen LogP contribution in [0.3, 0.4) is 0 Å². The van der Waals surface area contributed by atoms with E-state index >= 15 is 0 Å². The molecule has 23 heavy (non-hydrogen) atoms. The van der Waals surface area contributed by atoms with Crippen molar-refractivity contribution in [2.75, 3.05) is 12.3 Å². The normalized spacial score (nSPS) is 25.3. The largest absolute Gasteiger partial charge is 0.390 e. The van der Waals surface area contributed by atoms with Crippen LogP contribution in [0.15, 0.2) is 6.33 Å². The third-order valence-electron chi connectivity index (χ3n) is 3.35. The van der Waals surface area contributed by atoms with E-state index in [2.05, 4.69) is 19.2 Å². The van der Waals surface area contributed by atoms with Crippen LogP contribution in [-0.2, 0) is 19.2 Å². The third-order valence-corrected chi connectivity index (χ3v) is 4.57. The van der Waals surface area contributed by atoms with Crippen molar-refractivity contribution in [3.8, 4) is 0 Å². The molecule has 0 radical (unpaired) electrons. The first kappa shape index (κ1) is 16.7. The summed E-state index contributed by atoms with van der Waals surface area (Å²) in [6.45, 7) is -0.385. The summed E-state index contributed by atoms with van der Waals surface area (Å²) < 4.78 is 33.8. The lowest BCUT2D eigenvalue weighted by Crippen LogP contribution is -2.30. The summed E-state index contributed by atoms with van der Waals surface area (Å²) >= 11 is 2.00. The lowest BCUT2D eigenvalue weighted by molar-refractivity contribution is -0.0412. The summed E-state index contributed by atoms with van der Waals surface area (Å²) in [5.41, 5.74) is 6.28. The van der Waals surface area contributed by atoms with E-state index in [9.17, 15) is 13.5 Å². The summed E-state index contributed by atoms with van der Waals surface area (Å²) in [4.78, 5) is 8.05. The summed E-state index contributed by atoms with van der Waals surface area (Å²) in [5.74, 6) is 0.290. The Labute approximate surface area is 144 Å². The van der Waals surface area contributed by atoms with Gasteiger partial charge in [0.15, 0.2) is 11.9 Å². The van der Waals surface area contributed by atoms with E-state index in [-0.39, 0.29) is 13.0 Å². The van der Waals surface area contributed by atoms with Crippen LogP contribution in [0.4, 0.5) is 5.82 Å². The number of aliphatic hydroxyl groups excluding tert-OH is 1. The third kappa shape index (κ3) is 3.38. The van der Waals surface area contributed by atoms with E-state index < -0.39 is 28.7 Å². The van der Waals surface area contributed by atoms with Crippen molar-refractivity contribution in [3.05, 3.63) is 10.0 Å². The van der Waals surface area contributed by atoms with Crippen LogP contribution in [0.2, 0.25) is 0 Å². The van der Waals surface area contributed by atoms with Gasteiger partial charge in [-0.25, -0.2) is 19.8 Å². The van der Waals surface area contributed by atoms with Crippen LogP contribution in [0.5, 0.6) is 0 Å². The number of fused-ring (bicyclic) bond motifs is 1. The quantitative estimate of drug-likeness (QED) is 0.483. The second-order valence-electron chi connectivity index (χ2n) is 4.90. The molecule has 3 heterocycles. The van der Waals surface area contributed by atoms with Gasteiger partial charge in [0.25, 0.3) is 0 Å². The maximum Gasteiger partial charge on any atom is 0.333 e. The van der Waals surface area contributed by atoms with E-state index in [1.54, 1.807) is 0 Å². The molecule has 0 amide bonds. The van der Waals surface area contributed by atoms with Gasteiger partial charge >= 0.3 is 10.3 Å². The zero-order valence-electron chi connectivity index (χ0n) is 11.5. The average Bonchev–Trinajstić information content (AvgIpc) is 2.98. The van der Waals surface area contributed by atoms with Gasteiger partial charge in [0.2, 0.25) is 0 Å². The second-order valence-corrected chi connectivity index (χ2v) is 7.15. The maximum atomic E-state index is 10.8. The fourth-order valence-electron chi connectivity index (χ4n) is 2.33. The first-order valence-corrected chi connectivity index (χ1v) is 8.96. The summed E-state index contributed by atoms with van der Waals surface area (Å²) in [6.07, 6.45) is -0.930. The van der Waals surface area contributed by atoms with Crippen LogP contribution in [0, 0.1) is 3.70 Å². The zero-order valence-corrected chi connectivity index (χ0v) is 14.5. The number of halogens is 1. The molecular weight excluding hydrogens is 443 g/mol. The number of hydrogen-bond donors (Lipinski definition) is 3. The highest BCUT2D eigenvalue weighted by Crippen LogP contribution is 2.33. The Bertz CT molecular complexity index is 842. The molecular formula is C10H13IN6O5S. The molecule has 5 N–H and O–H groups in total. The van der Waals surface area contributed by atoms with Gasteiger partial charge in [-0.05, 0) is 22.6 Å². The highest BCUT2D eigenvalue weighted by Gasteiger charge is 2.37. The fourth-order valence-corrected chi connectivity index (χ4v) is 3.40. The fraction of sp³-hybridized carbons (Fsp3) is 0.500. The molecule has 1 aliphatic rings. The molecule has 0 aliphatic carbocycles. The molecule has 0 unspecified atom stereocenters. The number of nitrogen functional groups attached to an aromatic ring is 1. The van der Waals surface area contributed by atoms with Gasteiger partial charge in [-0.15, -0.1) is 0 Å². The minimum atomic E-state index is -4.11. The molecule has 2 aromatic rings. The lowest BCUT2D eigenvalue weighted by Gasteiger charge is -2.14. The minimum Gasteiger partial charge on any atom is -0.390 e. The van der Waals surface area contributed by atoms with E-state index in [1.165, 1.54) is 11.0 Å². The lowest BCUT2D eigenvalue weighted by atomic mass is 10.2. The Balaban J connectivity index is 1.85. The number of hydrogen-bond acceptors (Lipinski definition) is 9. The molecule has 1 aliphatic heterocycles. The Kier molecular flexibility index (Phi) is 4.41. The second kappa shape index (κ2) is 6.06. The molecule has 3 rings (SSSR count). The molecule has 1 fully saturated rings. The molecule has 0 bridgehead atoms. The van der Waals surface area contributed by atoms with Gasteiger partial charge in [0.1, 0.15) is 21.9 Å². The van der Waals surface area contributed by atoms with Crippen molar-refractivity contribution < 1.29 is 22.4 Å². The van der Waals surface area contributed by atoms with Crippen LogP contribution >= 0.6 is 22.6 Å². The predicted octanol–water partition coefficient (Wildman–Crippen LogP) is -1.12. The molecule has 11 nitrogen and oxygen atoms in total. The highest BCUT2D eigenvalue weighted by molar-refractivity contribution is 14.1. The van der Waals surface area contributed by atoms with E-state index in [1.807, 2.05) is 22.6 Å². The Morgan fingerprint density at radius 2 is 2.26 bits per heavy atom. The van der Waals surface area contributed by atoms with Gasteiger partial charge in [0.05, 0.1) is 18.1 Å². The number of nitrogens with two attached hydrogens (primary N) is 2. The predicted molar refractivity (Wildman–Crippen MR) is 86.0 cm³/mol. The first-order chi connectivity index (χ1) is 10.8. The van der Waals surface area contributed by atoms with Gasteiger partial charge in [-0.3, -0.25) is 4.18 Å². The molecule has 0 spiro atoms. The molecule has 0 saturated carbocycles. The number of anilines is 1. The van der Waals surface area contributed by atoms with Gasteiger partial charge in [-0.1, -0.05) is 0 Å². The number of rotatable bonds is 4. The number of aromatic nitrogens is 4. The topological polar surface area (TPSA) is 168 Å². The molecule has 13 heteroatoms. The Morgan fingerprint density at radius 3 is 2.96 bits per heavy atom. The van der Waals surface area contributed by atoms with E-state index in [0.29, 0.717) is 20.6 Å². The van der Waals surface area contributed by atoms with E-state index in [0.717, 1.165) is 0 Å². The smallest absolute Gasteiger partial charge is 0.333 e. The van der Waals surface area contributed by atoms with Gasteiger partial charge < -0.3 is 15.6 Å².